The van der Waals surface area contributed by atoms with Gasteiger partial charge in [-0.1, -0.05) is 62.9 Å². The maximum Gasteiger partial charge on any atom is 0.289 e. The molecule has 2 N–H and O–H groups in total. The molecule has 3 rings (SSSR count). The number of Topliss-reactive ketones (excluding diaryl/α,β-unsaturated/α-hetero) is 1. The van der Waals surface area contributed by atoms with Crippen LogP contribution in [0.25, 0.3) is 0 Å². The Kier molecular flexibility index (Phi) is 9.99. The number of hydrogen-bond donors (Lipinski definition) is 2. The van der Waals surface area contributed by atoms with Crippen LogP contribution in [0.4, 0.5) is 0 Å². The zero-order valence-corrected chi connectivity index (χ0v) is 20.5. The summed E-state index contributed by atoms with van der Waals surface area (Å²) in [5.41, 5.74) is 1.08. The molecule has 0 radical (unpaired) electrons. The number of amides is 3. The Morgan fingerprint density at radius 1 is 1.09 bits per heavy atom. The number of aldehydes is 1. The van der Waals surface area contributed by atoms with Gasteiger partial charge in [0.15, 0.2) is 0 Å². The smallest absolute Gasteiger partial charge is 0.289 e. The zero-order chi connectivity index (χ0) is 25.2. The van der Waals surface area contributed by atoms with Gasteiger partial charge < -0.3 is 20.3 Å². The highest BCUT2D eigenvalue weighted by Crippen LogP contribution is 2.34. The lowest BCUT2D eigenvalue weighted by molar-refractivity contribution is -0.142. The third-order valence-corrected chi connectivity index (χ3v) is 7.16. The van der Waals surface area contributed by atoms with Crippen LogP contribution in [0.5, 0.6) is 0 Å². The Labute approximate surface area is 207 Å². The van der Waals surface area contributed by atoms with Gasteiger partial charge in [-0.3, -0.25) is 19.2 Å². The van der Waals surface area contributed by atoms with E-state index < -0.39 is 29.7 Å². The molecule has 1 saturated carbocycles. The average molecular weight is 484 g/mol. The van der Waals surface area contributed by atoms with Gasteiger partial charge in [0, 0.05) is 18.9 Å². The van der Waals surface area contributed by atoms with Gasteiger partial charge in [0.25, 0.3) is 5.91 Å². The van der Waals surface area contributed by atoms with Crippen molar-refractivity contribution in [3.8, 4) is 0 Å². The Bertz CT molecular complexity index is 897. The summed E-state index contributed by atoms with van der Waals surface area (Å²) in [6.45, 7) is 2.05. The molecule has 2 aliphatic rings. The zero-order valence-electron chi connectivity index (χ0n) is 20.5. The molecule has 2 fully saturated rings. The molecule has 1 aromatic rings. The number of rotatable bonds is 11. The Balaban J connectivity index is 1.75. The van der Waals surface area contributed by atoms with Crippen molar-refractivity contribution >= 4 is 29.8 Å². The summed E-state index contributed by atoms with van der Waals surface area (Å²) in [5, 5.41) is 4.99. The first kappa shape index (κ1) is 26.6. The van der Waals surface area contributed by atoms with Gasteiger partial charge in [0.1, 0.15) is 12.3 Å². The van der Waals surface area contributed by atoms with Gasteiger partial charge in [-0.25, -0.2) is 0 Å². The lowest BCUT2D eigenvalue weighted by Crippen LogP contribution is -2.53. The fourth-order valence-electron chi connectivity index (χ4n) is 5.29. The normalized spacial score (nSPS) is 21.2. The third kappa shape index (κ3) is 7.23. The van der Waals surface area contributed by atoms with E-state index in [4.69, 9.17) is 0 Å². The molecule has 0 bridgehead atoms. The van der Waals surface area contributed by atoms with Crippen LogP contribution in [0.15, 0.2) is 30.3 Å². The summed E-state index contributed by atoms with van der Waals surface area (Å²) in [4.78, 5) is 63.7. The molecule has 0 spiro atoms. The van der Waals surface area contributed by atoms with Crippen LogP contribution in [0.1, 0.15) is 76.2 Å². The molecule has 8 heteroatoms. The largest absolute Gasteiger partial charge is 0.344 e. The van der Waals surface area contributed by atoms with E-state index in [1.54, 1.807) is 4.90 Å². The fourth-order valence-corrected chi connectivity index (χ4v) is 5.29. The predicted molar refractivity (Wildman–Crippen MR) is 131 cm³/mol. The molecule has 3 amide bonds. The van der Waals surface area contributed by atoms with E-state index >= 15 is 0 Å². The molecule has 8 nitrogen and oxygen atoms in total. The van der Waals surface area contributed by atoms with Crippen molar-refractivity contribution in [2.45, 2.75) is 82.7 Å². The quantitative estimate of drug-likeness (QED) is 0.371. The highest BCUT2D eigenvalue weighted by atomic mass is 16.2. The van der Waals surface area contributed by atoms with Crippen molar-refractivity contribution in [1.82, 2.24) is 15.5 Å². The second-order valence-corrected chi connectivity index (χ2v) is 9.70. The van der Waals surface area contributed by atoms with Gasteiger partial charge in [-0.15, -0.1) is 0 Å². The van der Waals surface area contributed by atoms with Gasteiger partial charge in [-0.2, -0.15) is 0 Å². The molecule has 35 heavy (non-hydrogen) atoms. The number of hydrogen-bond acceptors (Lipinski definition) is 5. The minimum absolute atomic E-state index is 0.0161. The number of carbonyl (C=O) groups is 5. The molecular formula is C27H37N3O5. The summed E-state index contributed by atoms with van der Waals surface area (Å²) in [6, 6.07) is 8.16. The topological polar surface area (TPSA) is 113 Å². The van der Waals surface area contributed by atoms with Crippen molar-refractivity contribution in [3.05, 3.63) is 35.9 Å². The van der Waals surface area contributed by atoms with Gasteiger partial charge in [0.2, 0.25) is 17.6 Å². The minimum atomic E-state index is -0.995. The van der Waals surface area contributed by atoms with Crippen molar-refractivity contribution in [3.63, 3.8) is 0 Å². The Morgan fingerprint density at radius 2 is 1.80 bits per heavy atom. The molecule has 1 saturated heterocycles. The second-order valence-electron chi connectivity index (χ2n) is 9.70. The van der Waals surface area contributed by atoms with Gasteiger partial charge >= 0.3 is 0 Å². The first-order valence-electron chi connectivity index (χ1n) is 12.8. The molecular weight excluding hydrogens is 446 g/mol. The van der Waals surface area contributed by atoms with Gasteiger partial charge in [0.05, 0.1) is 12.6 Å². The van der Waals surface area contributed by atoms with Crippen molar-refractivity contribution < 1.29 is 24.0 Å². The monoisotopic (exact) mass is 483 g/mol. The first-order valence-corrected chi connectivity index (χ1v) is 12.8. The summed E-state index contributed by atoms with van der Waals surface area (Å²) in [5.74, 6) is -1.72. The SMILES string of the molecule is CCCC(NC(=O)[C@@H]1CC(c2ccccc2)CN1C(=O)CC1CCCCC1)C(=O)C(=O)NCC=O. The van der Waals surface area contributed by atoms with Crippen LogP contribution >= 0.6 is 0 Å². The number of likely N-dealkylation sites (tertiary alicyclic amines) is 1. The summed E-state index contributed by atoms with van der Waals surface area (Å²) in [7, 11) is 0. The minimum Gasteiger partial charge on any atom is -0.344 e. The van der Waals surface area contributed by atoms with E-state index in [1.807, 2.05) is 37.3 Å². The number of ketones is 1. The van der Waals surface area contributed by atoms with E-state index in [9.17, 15) is 24.0 Å². The molecule has 1 heterocycles. The molecule has 1 aliphatic carbocycles. The van der Waals surface area contributed by atoms with E-state index in [1.165, 1.54) is 6.42 Å². The van der Waals surface area contributed by atoms with Crippen LogP contribution < -0.4 is 10.6 Å². The number of nitrogens with zero attached hydrogens (tertiary/aromatic N) is 1. The van der Waals surface area contributed by atoms with Crippen LogP contribution in [-0.4, -0.2) is 59.9 Å². The number of benzene rings is 1. The van der Waals surface area contributed by atoms with Crippen LogP contribution in [0.2, 0.25) is 0 Å². The van der Waals surface area contributed by atoms with Crippen LogP contribution in [-0.2, 0) is 24.0 Å². The molecule has 0 aromatic heterocycles. The van der Waals surface area contributed by atoms with E-state index in [0.717, 1.165) is 31.2 Å². The van der Waals surface area contributed by atoms with E-state index in [0.29, 0.717) is 44.4 Å². The third-order valence-electron chi connectivity index (χ3n) is 7.16. The van der Waals surface area contributed by atoms with Crippen molar-refractivity contribution in [2.24, 2.45) is 5.92 Å². The number of nitrogens with one attached hydrogen (secondary N) is 2. The van der Waals surface area contributed by atoms with E-state index in [2.05, 4.69) is 10.6 Å². The lowest BCUT2D eigenvalue weighted by atomic mass is 9.86. The summed E-state index contributed by atoms with van der Waals surface area (Å²) < 4.78 is 0. The molecule has 2 unspecified atom stereocenters. The van der Waals surface area contributed by atoms with Crippen molar-refractivity contribution in [1.29, 1.82) is 0 Å². The molecule has 1 aliphatic heterocycles. The standard InChI is InChI=1S/C27H37N3O5/c1-2-9-22(25(33)27(35)28-14-15-31)29-26(34)23-17-21(20-12-7-4-8-13-20)18-30(23)24(32)16-19-10-5-3-6-11-19/h4,7-8,12-13,15,19,21-23H,2-3,5-6,9-11,14,16-18H2,1H3,(H,28,35)(H,29,34)/t21?,22?,23-/m0/s1. The van der Waals surface area contributed by atoms with Crippen LogP contribution in [0, 0.1) is 5.92 Å². The predicted octanol–water partition coefficient (Wildman–Crippen LogP) is 2.51. The Morgan fingerprint density at radius 3 is 2.46 bits per heavy atom. The fraction of sp³-hybridized carbons (Fsp3) is 0.593. The average Bonchev–Trinajstić information content (AvgIpc) is 3.34. The maximum atomic E-state index is 13.4. The lowest BCUT2D eigenvalue weighted by Gasteiger charge is -2.28. The highest BCUT2D eigenvalue weighted by Gasteiger charge is 2.41. The highest BCUT2D eigenvalue weighted by molar-refractivity contribution is 6.38. The maximum absolute atomic E-state index is 13.4. The molecule has 190 valence electrons. The number of carbonyl (C=O) groups excluding carboxylic acids is 5. The second kappa shape index (κ2) is 13.2. The Hall–Kier alpha value is -3.03. The summed E-state index contributed by atoms with van der Waals surface area (Å²) in [6.07, 6.45) is 7.86. The van der Waals surface area contributed by atoms with E-state index in [-0.39, 0.29) is 18.4 Å². The van der Waals surface area contributed by atoms with Crippen molar-refractivity contribution in [2.75, 3.05) is 13.1 Å². The van der Waals surface area contributed by atoms with Gasteiger partial charge in [-0.05, 0) is 37.2 Å². The molecule has 1 aromatic carbocycles. The van der Waals surface area contributed by atoms with Crippen LogP contribution in [0.3, 0.4) is 0 Å². The molecule has 3 atom stereocenters. The summed E-state index contributed by atoms with van der Waals surface area (Å²) >= 11 is 0. The first-order chi connectivity index (χ1) is 16.9.